The zero-order chi connectivity index (χ0) is 20.1. The first-order valence-corrected chi connectivity index (χ1v) is 9.18. The molecule has 8 heteroatoms. The molecule has 0 spiro atoms. The van der Waals surface area contributed by atoms with E-state index in [4.69, 9.17) is 10.00 Å². The number of benzene rings is 2. The number of carbonyl (C=O) groups excluding carboxylic acids is 1. The van der Waals surface area contributed by atoms with Crippen molar-refractivity contribution < 1.29 is 18.3 Å². The van der Waals surface area contributed by atoms with Gasteiger partial charge < -0.3 is 4.74 Å². The summed E-state index contributed by atoms with van der Waals surface area (Å²) in [5.41, 5.74) is 0.737. The third kappa shape index (κ3) is 4.38. The van der Waals surface area contributed by atoms with Gasteiger partial charge in [0.15, 0.2) is 17.6 Å². The Morgan fingerprint density at radius 3 is 2.64 bits per heavy atom. The van der Waals surface area contributed by atoms with Gasteiger partial charge in [-0.15, -0.1) is 0 Å². The van der Waals surface area contributed by atoms with Crippen molar-refractivity contribution in [1.82, 2.24) is 4.90 Å². The minimum atomic E-state index is -0.790. The number of hydrogen-bond donors (Lipinski definition) is 0. The highest BCUT2D eigenvalue weighted by Gasteiger charge is 2.32. The normalized spacial score (nSPS) is 16.6. The molecular weight excluding hydrogens is 384 g/mol. The molecule has 5 nitrogen and oxygen atoms in total. The number of nitriles is 1. The molecule has 0 aromatic heterocycles. The molecule has 0 radical (unpaired) electrons. The number of amidine groups is 1. The first-order chi connectivity index (χ1) is 13.5. The van der Waals surface area contributed by atoms with Gasteiger partial charge in [0.2, 0.25) is 0 Å². The third-order valence-corrected chi connectivity index (χ3v) is 4.82. The van der Waals surface area contributed by atoms with E-state index >= 15 is 0 Å². The summed E-state index contributed by atoms with van der Waals surface area (Å²) in [6, 6.07) is 11.9. The highest BCUT2D eigenvalue weighted by molar-refractivity contribution is 8.18. The zero-order valence-electron chi connectivity index (χ0n) is 14.9. The Morgan fingerprint density at radius 1 is 1.25 bits per heavy atom. The van der Waals surface area contributed by atoms with Crippen LogP contribution in [0.1, 0.15) is 12.5 Å². The second kappa shape index (κ2) is 8.67. The molecule has 142 valence electrons. The number of rotatable bonds is 5. The molecular formula is C20H15F2N3O2S. The molecule has 1 amide bonds. The van der Waals surface area contributed by atoms with Gasteiger partial charge in [-0.25, -0.2) is 13.8 Å². The van der Waals surface area contributed by atoms with E-state index in [1.165, 1.54) is 11.0 Å². The molecule has 28 heavy (non-hydrogen) atoms. The molecule has 1 aliphatic heterocycles. The van der Waals surface area contributed by atoms with Crippen molar-refractivity contribution in [2.45, 2.75) is 6.92 Å². The molecule has 1 fully saturated rings. The number of ether oxygens (including phenoxy) is 1. The topological polar surface area (TPSA) is 65.7 Å². The Hall–Kier alpha value is -3.18. The Bertz CT molecular complexity index is 998. The van der Waals surface area contributed by atoms with Gasteiger partial charge in [0.25, 0.3) is 5.91 Å². The fourth-order valence-corrected chi connectivity index (χ4v) is 3.53. The standard InChI is InChI=1S/C20H15F2N3O2S/c1-2-25-19(26)18(11-13-3-6-15(7-4-13)27-10-9-23)28-20(25)24-17-8-5-14(21)12-16(17)22/h3-8,11-12H,2,10H2,1H3/b18-11+,24-20?. The van der Waals surface area contributed by atoms with E-state index in [9.17, 15) is 13.6 Å². The van der Waals surface area contributed by atoms with Gasteiger partial charge in [0, 0.05) is 12.6 Å². The average Bonchev–Trinajstić information content (AvgIpc) is 2.97. The maximum absolute atomic E-state index is 13.9. The zero-order valence-corrected chi connectivity index (χ0v) is 15.7. The average molecular weight is 399 g/mol. The first kappa shape index (κ1) is 19.6. The number of nitrogens with zero attached hydrogens (tertiary/aromatic N) is 3. The molecule has 3 rings (SSSR count). The van der Waals surface area contributed by atoms with Gasteiger partial charge in [-0.3, -0.25) is 9.69 Å². The van der Waals surface area contributed by atoms with Crippen molar-refractivity contribution in [2.75, 3.05) is 13.2 Å². The Balaban J connectivity index is 1.85. The van der Waals surface area contributed by atoms with Crippen LogP contribution in [0.4, 0.5) is 14.5 Å². The number of hydrogen-bond acceptors (Lipinski definition) is 5. The summed E-state index contributed by atoms with van der Waals surface area (Å²) in [6.07, 6.45) is 1.70. The lowest BCUT2D eigenvalue weighted by Gasteiger charge is -2.12. The lowest BCUT2D eigenvalue weighted by molar-refractivity contribution is -0.122. The molecule has 0 aliphatic carbocycles. The van der Waals surface area contributed by atoms with E-state index in [0.29, 0.717) is 22.4 Å². The molecule has 0 N–H and O–H groups in total. The van der Waals surface area contributed by atoms with Gasteiger partial charge in [0.05, 0.1) is 4.91 Å². The van der Waals surface area contributed by atoms with Gasteiger partial charge in [-0.1, -0.05) is 12.1 Å². The van der Waals surface area contributed by atoms with Crippen LogP contribution in [0.15, 0.2) is 52.4 Å². The largest absolute Gasteiger partial charge is 0.479 e. The van der Waals surface area contributed by atoms with Crippen molar-refractivity contribution in [1.29, 1.82) is 5.26 Å². The summed E-state index contributed by atoms with van der Waals surface area (Å²) in [5.74, 6) is -1.16. The van der Waals surface area contributed by atoms with Gasteiger partial charge >= 0.3 is 0 Å². The second-order valence-corrected chi connectivity index (χ2v) is 6.68. The van der Waals surface area contributed by atoms with E-state index in [1.54, 1.807) is 37.3 Å². The van der Waals surface area contributed by atoms with E-state index in [-0.39, 0.29) is 18.2 Å². The summed E-state index contributed by atoms with van der Waals surface area (Å²) in [6.45, 7) is 2.12. The van der Waals surface area contributed by atoms with Gasteiger partial charge in [-0.05, 0) is 54.6 Å². The molecule has 1 saturated heterocycles. The second-order valence-electron chi connectivity index (χ2n) is 5.67. The Labute approximate surface area is 164 Å². The van der Waals surface area contributed by atoms with Gasteiger partial charge in [-0.2, -0.15) is 5.26 Å². The van der Waals surface area contributed by atoms with E-state index in [1.807, 2.05) is 6.07 Å². The maximum atomic E-state index is 13.9. The highest BCUT2D eigenvalue weighted by atomic mass is 32.2. The molecule has 1 heterocycles. The van der Waals surface area contributed by atoms with Crippen LogP contribution in [0.25, 0.3) is 6.08 Å². The van der Waals surface area contributed by atoms with Crippen LogP contribution in [-0.2, 0) is 4.79 Å². The predicted octanol–water partition coefficient (Wildman–Crippen LogP) is 4.49. The highest BCUT2D eigenvalue weighted by Crippen LogP contribution is 2.34. The monoisotopic (exact) mass is 399 g/mol. The number of thioether (sulfide) groups is 1. The SMILES string of the molecule is CCN1C(=O)/C(=C\c2ccc(OCC#N)cc2)SC1=Nc1ccc(F)cc1F. The lowest BCUT2D eigenvalue weighted by atomic mass is 10.2. The minimum absolute atomic E-state index is 0.0320. The van der Waals surface area contributed by atoms with Crippen molar-refractivity contribution in [2.24, 2.45) is 4.99 Å². The third-order valence-electron chi connectivity index (χ3n) is 3.81. The summed E-state index contributed by atoms with van der Waals surface area (Å²) in [4.78, 5) is 18.7. The van der Waals surface area contributed by atoms with Crippen molar-refractivity contribution >= 4 is 34.6 Å². The molecule has 0 atom stereocenters. The van der Waals surface area contributed by atoms with Crippen LogP contribution in [-0.4, -0.2) is 29.1 Å². The smallest absolute Gasteiger partial charge is 0.266 e. The maximum Gasteiger partial charge on any atom is 0.266 e. The minimum Gasteiger partial charge on any atom is -0.479 e. The molecule has 0 bridgehead atoms. The predicted molar refractivity (Wildman–Crippen MR) is 104 cm³/mol. The van der Waals surface area contributed by atoms with Crippen LogP contribution < -0.4 is 4.74 Å². The number of aliphatic imine (C=N–C) groups is 1. The lowest BCUT2D eigenvalue weighted by Crippen LogP contribution is -2.28. The van der Waals surface area contributed by atoms with E-state index in [2.05, 4.69) is 4.99 Å². The van der Waals surface area contributed by atoms with E-state index < -0.39 is 11.6 Å². The first-order valence-electron chi connectivity index (χ1n) is 8.36. The molecule has 0 saturated carbocycles. The quantitative estimate of drug-likeness (QED) is 0.695. The summed E-state index contributed by atoms with van der Waals surface area (Å²) >= 11 is 1.12. The number of likely N-dealkylation sites (N-methyl/N-ethyl adjacent to an activating group) is 1. The van der Waals surface area contributed by atoms with Crippen LogP contribution in [0.3, 0.4) is 0 Å². The molecule has 0 unspecified atom stereocenters. The Morgan fingerprint density at radius 2 is 2.00 bits per heavy atom. The summed E-state index contributed by atoms with van der Waals surface area (Å²) in [7, 11) is 0. The number of carbonyl (C=O) groups is 1. The summed E-state index contributed by atoms with van der Waals surface area (Å²) in [5, 5.41) is 8.86. The van der Waals surface area contributed by atoms with Gasteiger partial charge in [0.1, 0.15) is 23.3 Å². The fraction of sp³-hybridized carbons (Fsp3) is 0.150. The molecule has 2 aromatic carbocycles. The van der Waals surface area contributed by atoms with Crippen molar-refractivity contribution in [3.63, 3.8) is 0 Å². The number of halogens is 2. The van der Waals surface area contributed by atoms with E-state index in [0.717, 1.165) is 29.5 Å². The van der Waals surface area contributed by atoms with Crippen LogP contribution in [0.2, 0.25) is 0 Å². The van der Waals surface area contributed by atoms with Crippen molar-refractivity contribution in [3.8, 4) is 11.8 Å². The van der Waals surface area contributed by atoms with Crippen LogP contribution in [0, 0.1) is 23.0 Å². The Kier molecular flexibility index (Phi) is 6.06. The van der Waals surface area contributed by atoms with Crippen LogP contribution >= 0.6 is 11.8 Å². The fourth-order valence-electron chi connectivity index (χ4n) is 2.47. The molecule has 1 aliphatic rings. The molecule has 2 aromatic rings. The number of amides is 1. The van der Waals surface area contributed by atoms with Crippen molar-refractivity contribution in [3.05, 3.63) is 64.6 Å². The summed E-state index contributed by atoms with van der Waals surface area (Å²) < 4.78 is 32.2. The van der Waals surface area contributed by atoms with Crippen LogP contribution in [0.5, 0.6) is 5.75 Å².